The van der Waals surface area contributed by atoms with Crippen molar-refractivity contribution in [2.75, 3.05) is 5.75 Å². The van der Waals surface area contributed by atoms with Crippen LogP contribution in [0.15, 0.2) is 35.2 Å². The lowest BCUT2D eigenvalue weighted by molar-refractivity contribution is -0.152. The minimum Gasteiger partial charge on any atom is -0.452 e. The number of hydrogen-bond acceptors (Lipinski definition) is 4. The Balaban J connectivity index is 1.73. The molecule has 1 N–H and O–H groups in total. The molecule has 0 unspecified atom stereocenters. The topological polar surface area (TPSA) is 55.4 Å². The van der Waals surface area contributed by atoms with Gasteiger partial charge in [-0.3, -0.25) is 9.59 Å². The van der Waals surface area contributed by atoms with Crippen molar-refractivity contribution in [3.63, 3.8) is 0 Å². The van der Waals surface area contributed by atoms with Gasteiger partial charge in [0.2, 0.25) is 0 Å². The number of ether oxygens (including phenoxy) is 1. The first-order valence-electron chi connectivity index (χ1n) is 8.24. The Morgan fingerprint density at radius 1 is 1.26 bits per heavy atom. The summed E-state index contributed by atoms with van der Waals surface area (Å²) in [4.78, 5) is 25.0. The third-order valence-corrected chi connectivity index (χ3v) is 5.20. The van der Waals surface area contributed by atoms with Crippen LogP contribution in [0.1, 0.15) is 39.5 Å². The minimum atomic E-state index is -0.743. The number of amides is 1. The number of carbonyl (C=O) groups excluding carboxylic acids is 2. The van der Waals surface area contributed by atoms with E-state index in [-0.39, 0.29) is 23.7 Å². The summed E-state index contributed by atoms with van der Waals surface area (Å²) in [5.41, 5.74) is 0. The second kappa shape index (κ2) is 8.96. The Morgan fingerprint density at radius 2 is 1.96 bits per heavy atom. The highest BCUT2D eigenvalue weighted by atomic mass is 32.2. The van der Waals surface area contributed by atoms with Crippen molar-refractivity contribution in [1.82, 2.24) is 5.32 Å². The number of esters is 1. The van der Waals surface area contributed by atoms with E-state index in [1.165, 1.54) is 18.2 Å². The SMILES string of the molecule is C[C@H](OC(=O)CSc1ccccc1)C(=O)N[C@@H]1CCCC[C@H]1C. The fourth-order valence-corrected chi connectivity index (χ4v) is 3.48. The van der Waals surface area contributed by atoms with Crippen LogP contribution in [0.4, 0.5) is 0 Å². The fourth-order valence-electron chi connectivity index (χ4n) is 2.77. The highest BCUT2D eigenvalue weighted by molar-refractivity contribution is 8.00. The van der Waals surface area contributed by atoms with Crippen LogP contribution in [-0.2, 0) is 14.3 Å². The molecule has 5 heteroatoms. The Kier molecular flexibility index (Phi) is 6.96. The fraction of sp³-hybridized carbons (Fsp3) is 0.556. The normalized spacial score (nSPS) is 22.2. The van der Waals surface area contributed by atoms with Crippen molar-refractivity contribution < 1.29 is 14.3 Å². The molecule has 0 heterocycles. The first-order chi connectivity index (χ1) is 11.1. The van der Waals surface area contributed by atoms with Crippen LogP contribution in [0.5, 0.6) is 0 Å². The van der Waals surface area contributed by atoms with E-state index in [0.717, 1.165) is 24.2 Å². The maximum atomic E-state index is 12.2. The average Bonchev–Trinajstić information content (AvgIpc) is 2.56. The summed E-state index contributed by atoms with van der Waals surface area (Å²) in [7, 11) is 0. The maximum Gasteiger partial charge on any atom is 0.317 e. The predicted molar refractivity (Wildman–Crippen MR) is 92.3 cm³/mol. The van der Waals surface area contributed by atoms with Crippen LogP contribution in [0.3, 0.4) is 0 Å². The van der Waals surface area contributed by atoms with Crippen LogP contribution >= 0.6 is 11.8 Å². The van der Waals surface area contributed by atoms with Crippen molar-refractivity contribution in [3.05, 3.63) is 30.3 Å². The number of rotatable bonds is 6. The Morgan fingerprint density at radius 3 is 2.65 bits per heavy atom. The number of hydrogen-bond donors (Lipinski definition) is 1. The summed E-state index contributed by atoms with van der Waals surface area (Å²) in [5.74, 6) is 0.144. The monoisotopic (exact) mass is 335 g/mol. The molecule has 2 rings (SSSR count). The molecule has 1 amide bonds. The molecule has 3 atom stereocenters. The molecule has 1 saturated carbocycles. The highest BCUT2D eigenvalue weighted by Crippen LogP contribution is 2.24. The molecule has 1 fully saturated rings. The summed E-state index contributed by atoms with van der Waals surface area (Å²) in [5, 5.41) is 3.02. The highest BCUT2D eigenvalue weighted by Gasteiger charge is 2.26. The van der Waals surface area contributed by atoms with Crippen LogP contribution in [-0.4, -0.2) is 29.8 Å². The van der Waals surface area contributed by atoms with Crippen molar-refractivity contribution >= 4 is 23.6 Å². The Hall–Kier alpha value is -1.49. The van der Waals surface area contributed by atoms with E-state index in [1.54, 1.807) is 6.92 Å². The molecule has 0 radical (unpaired) electrons. The van der Waals surface area contributed by atoms with Gasteiger partial charge >= 0.3 is 5.97 Å². The molecule has 0 saturated heterocycles. The number of nitrogens with one attached hydrogen (secondary N) is 1. The molecule has 0 spiro atoms. The number of benzene rings is 1. The van der Waals surface area contributed by atoms with E-state index in [4.69, 9.17) is 4.74 Å². The zero-order chi connectivity index (χ0) is 16.7. The van der Waals surface area contributed by atoms with Gasteiger partial charge in [-0.05, 0) is 37.8 Å². The third-order valence-electron chi connectivity index (χ3n) is 4.22. The summed E-state index contributed by atoms with van der Waals surface area (Å²) >= 11 is 1.41. The van der Waals surface area contributed by atoms with Gasteiger partial charge in [0.05, 0.1) is 5.75 Å². The molecule has 1 aromatic carbocycles. The maximum absolute atomic E-state index is 12.2. The van der Waals surface area contributed by atoms with Gasteiger partial charge in [0.15, 0.2) is 6.10 Å². The quantitative estimate of drug-likeness (QED) is 0.639. The van der Waals surface area contributed by atoms with Crippen molar-refractivity contribution in [2.45, 2.75) is 56.6 Å². The summed E-state index contributed by atoms with van der Waals surface area (Å²) in [6, 6.07) is 9.87. The van der Waals surface area contributed by atoms with E-state index in [1.807, 2.05) is 30.3 Å². The summed E-state index contributed by atoms with van der Waals surface area (Å²) in [6.07, 6.45) is 3.80. The van der Waals surface area contributed by atoms with Gasteiger partial charge in [0.1, 0.15) is 0 Å². The molecule has 126 valence electrons. The standard InChI is InChI=1S/C18H25NO3S/c1-13-8-6-7-11-16(13)19-18(21)14(2)22-17(20)12-23-15-9-4-3-5-10-15/h3-5,9-10,13-14,16H,6-8,11-12H2,1-2H3,(H,19,21)/t13-,14+,16-/m1/s1. The second-order valence-electron chi connectivity index (χ2n) is 6.11. The van der Waals surface area contributed by atoms with Crippen LogP contribution in [0, 0.1) is 5.92 Å². The lowest BCUT2D eigenvalue weighted by Gasteiger charge is -2.30. The van der Waals surface area contributed by atoms with E-state index in [2.05, 4.69) is 12.2 Å². The van der Waals surface area contributed by atoms with Crippen LogP contribution < -0.4 is 5.32 Å². The first kappa shape index (κ1) is 17.9. The van der Waals surface area contributed by atoms with Gasteiger partial charge < -0.3 is 10.1 Å². The lowest BCUT2D eigenvalue weighted by atomic mass is 9.86. The molecule has 0 aliphatic heterocycles. The molecular formula is C18H25NO3S. The van der Waals surface area contributed by atoms with E-state index < -0.39 is 6.10 Å². The van der Waals surface area contributed by atoms with Crippen molar-refractivity contribution in [3.8, 4) is 0 Å². The molecule has 0 bridgehead atoms. The Labute approximate surface area is 142 Å². The van der Waals surface area contributed by atoms with Gasteiger partial charge in [-0.1, -0.05) is 38.0 Å². The lowest BCUT2D eigenvalue weighted by Crippen LogP contribution is -2.46. The molecule has 1 aliphatic rings. The van der Waals surface area contributed by atoms with E-state index in [0.29, 0.717) is 5.92 Å². The summed E-state index contributed by atoms with van der Waals surface area (Å²) in [6.45, 7) is 3.80. The molecule has 23 heavy (non-hydrogen) atoms. The Bertz CT molecular complexity index is 520. The van der Waals surface area contributed by atoms with Gasteiger partial charge in [0.25, 0.3) is 5.91 Å². The number of carbonyl (C=O) groups is 2. The van der Waals surface area contributed by atoms with Gasteiger partial charge in [-0.2, -0.15) is 0 Å². The molecular weight excluding hydrogens is 310 g/mol. The molecule has 1 aromatic rings. The minimum absolute atomic E-state index is 0.193. The third kappa shape index (κ3) is 5.90. The summed E-state index contributed by atoms with van der Waals surface area (Å²) < 4.78 is 5.24. The van der Waals surface area contributed by atoms with Crippen molar-refractivity contribution in [2.24, 2.45) is 5.92 Å². The van der Waals surface area contributed by atoms with Crippen LogP contribution in [0.25, 0.3) is 0 Å². The zero-order valence-corrected chi connectivity index (χ0v) is 14.6. The smallest absolute Gasteiger partial charge is 0.317 e. The predicted octanol–water partition coefficient (Wildman–Crippen LogP) is 3.41. The largest absolute Gasteiger partial charge is 0.452 e. The zero-order valence-electron chi connectivity index (χ0n) is 13.8. The second-order valence-corrected chi connectivity index (χ2v) is 7.16. The van der Waals surface area contributed by atoms with Crippen LogP contribution in [0.2, 0.25) is 0 Å². The first-order valence-corrected chi connectivity index (χ1v) is 9.22. The van der Waals surface area contributed by atoms with E-state index in [9.17, 15) is 9.59 Å². The van der Waals surface area contributed by atoms with Gasteiger partial charge in [-0.25, -0.2) is 0 Å². The number of thioether (sulfide) groups is 1. The molecule has 4 nitrogen and oxygen atoms in total. The average molecular weight is 335 g/mol. The molecule has 1 aliphatic carbocycles. The van der Waals surface area contributed by atoms with Gasteiger partial charge in [-0.15, -0.1) is 11.8 Å². The van der Waals surface area contributed by atoms with Gasteiger partial charge in [0, 0.05) is 10.9 Å². The molecule has 0 aromatic heterocycles. The van der Waals surface area contributed by atoms with Crippen molar-refractivity contribution in [1.29, 1.82) is 0 Å². The van der Waals surface area contributed by atoms with E-state index >= 15 is 0 Å².